The lowest BCUT2D eigenvalue weighted by molar-refractivity contribution is 0.0977. The quantitative estimate of drug-likeness (QED) is 0.821. The van der Waals surface area contributed by atoms with E-state index >= 15 is 0 Å². The summed E-state index contributed by atoms with van der Waals surface area (Å²) in [6.07, 6.45) is 3.40. The van der Waals surface area contributed by atoms with Crippen molar-refractivity contribution in [1.29, 1.82) is 0 Å². The molecule has 1 aromatic rings. The number of anilines is 1. The maximum atomic E-state index is 14.7. The summed E-state index contributed by atoms with van der Waals surface area (Å²) in [7, 11) is 3.85. The third kappa shape index (κ3) is 3.19. The third-order valence-corrected chi connectivity index (χ3v) is 3.39. The molecule has 0 aromatic carbocycles. The molecule has 0 bridgehead atoms. The van der Waals surface area contributed by atoms with Gasteiger partial charge in [0.05, 0.1) is 18.4 Å². The number of nitrogens with zero attached hydrogens (tertiary/aromatic N) is 3. The van der Waals surface area contributed by atoms with Crippen LogP contribution in [0.15, 0.2) is 18.3 Å². The lowest BCUT2D eigenvalue weighted by atomic mass is 9.94. The topological polar surface area (TPSA) is 19.4 Å². The number of pyridine rings is 1. The monoisotopic (exact) mass is 251 g/mol. The van der Waals surface area contributed by atoms with Crippen LogP contribution in [-0.2, 0) is 0 Å². The lowest BCUT2D eigenvalue weighted by Gasteiger charge is -2.39. The smallest absolute Gasteiger partial charge is 0.141 e. The first-order valence-electron chi connectivity index (χ1n) is 6.50. The number of aryl methyl sites for hydroxylation is 1. The Morgan fingerprint density at radius 3 is 2.83 bits per heavy atom. The van der Waals surface area contributed by atoms with Gasteiger partial charge in [0.2, 0.25) is 0 Å². The van der Waals surface area contributed by atoms with Crippen molar-refractivity contribution >= 4 is 5.69 Å². The zero-order chi connectivity index (χ0) is 13.2. The second-order valence-corrected chi connectivity index (χ2v) is 5.57. The van der Waals surface area contributed by atoms with Gasteiger partial charge in [-0.25, -0.2) is 4.39 Å². The van der Waals surface area contributed by atoms with Crippen molar-refractivity contribution in [2.24, 2.45) is 0 Å². The van der Waals surface area contributed by atoms with E-state index in [-0.39, 0.29) is 0 Å². The minimum Gasteiger partial charge on any atom is -0.367 e. The summed E-state index contributed by atoms with van der Waals surface area (Å²) in [5, 5.41) is 0. The van der Waals surface area contributed by atoms with Crippen LogP contribution < -0.4 is 4.90 Å². The maximum Gasteiger partial charge on any atom is 0.141 e. The van der Waals surface area contributed by atoms with E-state index in [1.54, 1.807) is 0 Å². The number of aromatic nitrogens is 1. The summed E-state index contributed by atoms with van der Waals surface area (Å²) in [5.74, 6) is 0. The number of piperidine rings is 1. The van der Waals surface area contributed by atoms with E-state index in [4.69, 9.17) is 0 Å². The second kappa shape index (κ2) is 5.22. The van der Waals surface area contributed by atoms with Crippen LogP contribution in [0, 0.1) is 6.92 Å². The molecule has 0 spiro atoms. The summed E-state index contributed by atoms with van der Waals surface area (Å²) in [6, 6.07) is 4.01. The highest BCUT2D eigenvalue weighted by Gasteiger charge is 2.36. The molecular formula is C14H22FN3. The van der Waals surface area contributed by atoms with Crippen LogP contribution in [0.5, 0.6) is 0 Å². The molecule has 1 aliphatic heterocycles. The normalized spacial score (nSPS) is 24.6. The van der Waals surface area contributed by atoms with E-state index in [9.17, 15) is 4.39 Å². The first kappa shape index (κ1) is 13.3. The third-order valence-electron chi connectivity index (χ3n) is 3.39. The number of alkyl halides is 1. The van der Waals surface area contributed by atoms with Crippen LogP contribution in [0.4, 0.5) is 10.1 Å². The Kier molecular flexibility index (Phi) is 3.85. The zero-order valence-corrected chi connectivity index (χ0v) is 11.5. The molecule has 2 heterocycles. The van der Waals surface area contributed by atoms with Crippen molar-refractivity contribution in [1.82, 2.24) is 9.88 Å². The van der Waals surface area contributed by atoms with Gasteiger partial charge in [-0.15, -0.1) is 0 Å². The predicted molar refractivity (Wildman–Crippen MR) is 72.8 cm³/mol. The Morgan fingerprint density at radius 1 is 1.44 bits per heavy atom. The Labute approximate surface area is 109 Å². The number of rotatable bonds is 3. The Balaban J connectivity index is 2.08. The van der Waals surface area contributed by atoms with Crippen LogP contribution in [0.25, 0.3) is 0 Å². The molecule has 0 N–H and O–H groups in total. The second-order valence-electron chi connectivity index (χ2n) is 5.57. The summed E-state index contributed by atoms with van der Waals surface area (Å²) in [6.45, 7) is 3.84. The molecule has 0 radical (unpaired) electrons. The van der Waals surface area contributed by atoms with Crippen molar-refractivity contribution < 1.29 is 4.39 Å². The minimum absolute atomic E-state index is 0.468. The molecular weight excluding hydrogens is 229 g/mol. The molecule has 100 valence electrons. The van der Waals surface area contributed by atoms with E-state index in [1.807, 2.05) is 44.2 Å². The average Bonchev–Trinajstić information content (AvgIpc) is 2.28. The van der Waals surface area contributed by atoms with Gasteiger partial charge in [-0.3, -0.25) is 4.98 Å². The standard InChI is InChI=1S/C14H22FN3/c1-12-5-6-13(9-16-12)18-8-4-7-14(15,11-18)10-17(2)3/h5-6,9H,4,7-8,10-11H2,1-3H3. The summed E-state index contributed by atoms with van der Waals surface area (Å²) >= 11 is 0. The van der Waals surface area contributed by atoms with Gasteiger partial charge >= 0.3 is 0 Å². The van der Waals surface area contributed by atoms with Gasteiger partial charge in [-0.2, -0.15) is 0 Å². The minimum atomic E-state index is -1.10. The van der Waals surface area contributed by atoms with E-state index in [0.717, 1.165) is 24.3 Å². The van der Waals surface area contributed by atoms with Crippen LogP contribution in [0.3, 0.4) is 0 Å². The number of hydrogen-bond donors (Lipinski definition) is 0. The molecule has 1 aliphatic rings. The molecule has 0 saturated carbocycles. The molecule has 18 heavy (non-hydrogen) atoms. The van der Waals surface area contributed by atoms with Gasteiger partial charge in [0.1, 0.15) is 5.67 Å². The van der Waals surface area contributed by atoms with Crippen LogP contribution in [0.1, 0.15) is 18.5 Å². The van der Waals surface area contributed by atoms with Crippen molar-refractivity contribution in [3.63, 3.8) is 0 Å². The van der Waals surface area contributed by atoms with E-state index in [0.29, 0.717) is 19.5 Å². The SMILES string of the molecule is Cc1ccc(N2CCCC(F)(CN(C)C)C2)cn1. The fraction of sp³-hybridized carbons (Fsp3) is 0.643. The first-order chi connectivity index (χ1) is 8.48. The first-order valence-corrected chi connectivity index (χ1v) is 6.50. The van der Waals surface area contributed by atoms with Gasteiger partial charge in [0, 0.05) is 18.8 Å². The molecule has 4 heteroatoms. The molecule has 1 aromatic heterocycles. The highest BCUT2D eigenvalue weighted by molar-refractivity contribution is 5.45. The van der Waals surface area contributed by atoms with Gasteiger partial charge in [0.25, 0.3) is 0 Å². The molecule has 0 amide bonds. The van der Waals surface area contributed by atoms with Crippen LogP contribution in [0.2, 0.25) is 0 Å². The van der Waals surface area contributed by atoms with Gasteiger partial charge in [0.15, 0.2) is 0 Å². The van der Waals surface area contributed by atoms with Crippen molar-refractivity contribution in [3.8, 4) is 0 Å². The number of halogens is 1. The van der Waals surface area contributed by atoms with Gasteiger partial charge < -0.3 is 9.80 Å². The zero-order valence-electron chi connectivity index (χ0n) is 11.5. The van der Waals surface area contributed by atoms with Crippen molar-refractivity contribution in [2.75, 3.05) is 38.6 Å². The summed E-state index contributed by atoms with van der Waals surface area (Å²) in [4.78, 5) is 8.33. The largest absolute Gasteiger partial charge is 0.367 e. The Bertz CT molecular complexity index is 391. The van der Waals surface area contributed by atoms with Crippen molar-refractivity contribution in [3.05, 3.63) is 24.0 Å². The average molecular weight is 251 g/mol. The molecule has 1 unspecified atom stereocenters. The molecule has 0 aliphatic carbocycles. The molecule has 1 atom stereocenters. The fourth-order valence-electron chi connectivity index (χ4n) is 2.65. The van der Waals surface area contributed by atoms with E-state index in [2.05, 4.69) is 9.88 Å². The van der Waals surface area contributed by atoms with Crippen LogP contribution in [-0.4, -0.2) is 49.3 Å². The predicted octanol–water partition coefficient (Wildman–Crippen LogP) is 2.26. The summed E-state index contributed by atoms with van der Waals surface area (Å²) < 4.78 is 14.7. The maximum absolute atomic E-state index is 14.7. The highest BCUT2D eigenvalue weighted by atomic mass is 19.1. The highest BCUT2D eigenvalue weighted by Crippen LogP contribution is 2.29. The Morgan fingerprint density at radius 2 is 2.22 bits per heavy atom. The summed E-state index contributed by atoms with van der Waals surface area (Å²) in [5.41, 5.74) is 0.920. The Hall–Kier alpha value is -1.16. The van der Waals surface area contributed by atoms with E-state index < -0.39 is 5.67 Å². The fourth-order valence-corrected chi connectivity index (χ4v) is 2.65. The number of hydrogen-bond acceptors (Lipinski definition) is 3. The molecule has 1 fully saturated rings. The molecule has 2 rings (SSSR count). The lowest BCUT2D eigenvalue weighted by Crippen LogP contribution is -2.50. The molecule has 1 saturated heterocycles. The molecule has 3 nitrogen and oxygen atoms in total. The van der Waals surface area contributed by atoms with Gasteiger partial charge in [-0.05, 0) is 46.0 Å². The van der Waals surface area contributed by atoms with Gasteiger partial charge in [-0.1, -0.05) is 0 Å². The van der Waals surface area contributed by atoms with Crippen LogP contribution >= 0.6 is 0 Å². The van der Waals surface area contributed by atoms with E-state index in [1.165, 1.54) is 0 Å². The van der Waals surface area contributed by atoms with Crippen molar-refractivity contribution in [2.45, 2.75) is 25.4 Å².